The third-order valence-electron chi connectivity index (χ3n) is 4.34. The fourth-order valence-electron chi connectivity index (χ4n) is 2.93. The van der Waals surface area contributed by atoms with Crippen molar-refractivity contribution in [3.8, 4) is 5.75 Å². The highest BCUT2D eigenvalue weighted by Gasteiger charge is 2.27. The highest BCUT2D eigenvalue weighted by atomic mass is 16.5. The molecule has 0 saturated carbocycles. The maximum atomic E-state index is 11.8. The molecule has 0 saturated heterocycles. The van der Waals surface area contributed by atoms with Crippen molar-refractivity contribution in [2.45, 2.75) is 45.7 Å². The lowest BCUT2D eigenvalue weighted by Gasteiger charge is -2.30. The summed E-state index contributed by atoms with van der Waals surface area (Å²) in [5.41, 5.74) is 10.5. The van der Waals surface area contributed by atoms with E-state index in [1.165, 1.54) is 0 Å². The van der Waals surface area contributed by atoms with E-state index in [9.17, 15) is 4.79 Å². The first kappa shape index (κ1) is 16.8. The van der Waals surface area contributed by atoms with E-state index >= 15 is 0 Å². The molecular formula is C17H26N2O3. The Hall–Kier alpha value is -1.59. The van der Waals surface area contributed by atoms with Crippen molar-refractivity contribution in [3.05, 3.63) is 28.3 Å². The standard InChI is InChI=1S/C17H26N2O3/c1-5-16(20)19-15-6-7-22-17-11(3)10(2)12(8-13(15)17)14(18)9-21-4/h8,14-15H,5-7,9,18H2,1-4H3,(H,19,20). The molecule has 1 aliphatic rings. The van der Waals surface area contributed by atoms with Crippen molar-refractivity contribution in [1.82, 2.24) is 5.32 Å². The quantitative estimate of drug-likeness (QED) is 0.875. The summed E-state index contributed by atoms with van der Waals surface area (Å²) in [6.45, 7) is 7.03. The van der Waals surface area contributed by atoms with Gasteiger partial charge in [-0.05, 0) is 36.6 Å². The number of nitrogens with one attached hydrogen (secondary N) is 1. The average Bonchev–Trinajstić information content (AvgIpc) is 2.51. The van der Waals surface area contributed by atoms with Gasteiger partial charge in [0.05, 0.1) is 25.3 Å². The minimum absolute atomic E-state index is 0.0102. The Kier molecular flexibility index (Phi) is 5.42. The number of benzene rings is 1. The van der Waals surface area contributed by atoms with Gasteiger partial charge in [0.25, 0.3) is 0 Å². The van der Waals surface area contributed by atoms with Gasteiger partial charge in [0, 0.05) is 25.5 Å². The molecule has 0 aliphatic carbocycles. The molecule has 2 atom stereocenters. The molecule has 0 fully saturated rings. The van der Waals surface area contributed by atoms with Crippen LogP contribution >= 0.6 is 0 Å². The second-order valence-corrected chi connectivity index (χ2v) is 5.81. The summed E-state index contributed by atoms with van der Waals surface area (Å²) in [6, 6.07) is 1.88. The summed E-state index contributed by atoms with van der Waals surface area (Å²) in [4.78, 5) is 11.8. The van der Waals surface area contributed by atoms with Gasteiger partial charge in [-0.1, -0.05) is 6.92 Å². The van der Waals surface area contributed by atoms with Crippen LogP contribution in [0.15, 0.2) is 6.07 Å². The summed E-state index contributed by atoms with van der Waals surface area (Å²) in [5.74, 6) is 0.942. The van der Waals surface area contributed by atoms with Crippen LogP contribution in [-0.4, -0.2) is 26.2 Å². The summed E-state index contributed by atoms with van der Waals surface area (Å²) in [6.07, 6.45) is 1.26. The van der Waals surface area contributed by atoms with Crippen LogP contribution in [0.1, 0.15) is 54.1 Å². The molecule has 5 heteroatoms. The van der Waals surface area contributed by atoms with Crippen LogP contribution < -0.4 is 15.8 Å². The fourth-order valence-corrected chi connectivity index (χ4v) is 2.93. The molecule has 2 unspecified atom stereocenters. The van der Waals surface area contributed by atoms with Crippen molar-refractivity contribution in [2.75, 3.05) is 20.3 Å². The van der Waals surface area contributed by atoms with Gasteiger partial charge in [0.2, 0.25) is 5.91 Å². The smallest absolute Gasteiger partial charge is 0.220 e. The normalized spacial score (nSPS) is 18.3. The molecular weight excluding hydrogens is 280 g/mol. The summed E-state index contributed by atoms with van der Waals surface area (Å²) >= 11 is 0. The first-order chi connectivity index (χ1) is 10.5. The first-order valence-electron chi connectivity index (χ1n) is 7.80. The van der Waals surface area contributed by atoms with Crippen molar-refractivity contribution in [2.24, 2.45) is 5.73 Å². The number of methoxy groups -OCH3 is 1. The predicted molar refractivity (Wildman–Crippen MR) is 86.0 cm³/mol. The zero-order valence-electron chi connectivity index (χ0n) is 13.9. The Morgan fingerprint density at radius 3 is 2.86 bits per heavy atom. The molecule has 2 rings (SSSR count). The largest absolute Gasteiger partial charge is 0.493 e. The third-order valence-corrected chi connectivity index (χ3v) is 4.34. The fraction of sp³-hybridized carbons (Fsp3) is 0.588. The van der Waals surface area contributed by atoms with E-state index in [-0.39, 0.29) is 18.0 Å². The summed E-state index contributed by atoms with van der Waals surface area (Å²) in [7, 11) is 1.65. The van der Waals surface area contributed by atoms with Crippen LogP contribution in [-0.2, 0) is 9.53 Å². The molecule has 1 heterocycles. The second-order valence-electron chi connectivity index (χ2n) is 5.81. The average molecular weight is 306 g/mol. The lowest BCUT2D eigenvalue weighted by atomic mass is 9.89. The van der Waals surface area contributed by atoms with Crippen LogP contribution in [0.25, 0.3) is 0 Å². The predicted octanol–water partition coefficient (Wildman–Crippen LogP) is 2.30. The topological polar surface area (TPSA) is 73.6 Å². The SMILES string of the molecule is CCC(=O)NC1CCOc2c1cc(C(N)COC)c(C)c2C. The van der Waals surface area contributed by atoms with Gasteiger partial charge in [-0.2, -0.15) is 0 Å². The number of carbonyl (C=O) groups is 1. The maximum Gasteiger partial charge on any atom is 0.220 e. The second kappa shape index (κ2) is 7.11. The van der Waals surface area contributed by atoms with Crippen molar-refractivity contribution < 1.29 is 14.3 Å². The third kappa shape index (κ3) is 3.25. The lowest BCUT2D eigenvalue weighted by molar-refractivity contribution is -0.121. The number of hydrogen-bond acceptors (Lipinski definition) is 4. The van der Waals surface area contributed by atoms with E-state index in [1.807, 2.05) is 13.8 Å². The monoisotopic (exact) mass is 306 g/mol. The highest BCUT2D eigenvalue weighted by molar-refractivity contribution is 5.76. The zero-order valence-corrected chi connectivity index (χ0v) is 13.9. The Balaban J connectivity index is 2.43. The molecule has 5 nitrogen and oxygen atoms in total. The van der Waals surface area contributed by atoms with E-state index in [4.69, 9.17) is 15.2 Å². The van der Waals surface area contributed by atoms with Crippen LogP contribution in [0.2, 0.25) is 0 Å². The molecule has 1 aliphatic heterocycles. The van der Waals surface area contributed by atoms with Gasteiger partial charge >= 0.3 is 0 Å². The van der Waals surface area contributed by atoms with Crippen LogP contribution in [0.5, 0.6) is 5.75 Å². The summed E-state index contributed by atoms with van der Waals surface area (Å²) in [5, 5.41) is 3.08. The van der Waals surface area contributed by atoms with Crippen LogP contribution in [0.4, 0.5) is 0 Å². The van der Waals surface area contributed by atoms with E-state index in [1.54, 1.807) is 7.11 Å². The minimum Gasteiger partial charge on any atom is -0.493 e. The van der Waals surface area contributed by atoms with Crippen molar-refractivity contribution >= 4 is 5.91 Å². The highest BCUT2D eigenvalue weighted by Crippen LogP contribution is 2.39. The molecule has 1 aromatic rings. The molecule has 0 aromatic heterocycles. The van der Waals surface area contributed by atoms with E-state index in [2.05, 4.69) is 18.3 Å². The Labute approximate surface area is 132 Å². The van der Waals surface area contributed by atoms with E-state index < -0.39 is 0 Å². The Bertz CT molecular complexity index is 557. The molecule has 1 amide bonds. The van der Waals surface area contributed by atoms with Crippen LogP contribution in [0.3, 0.4) is 0 Å². The molecule has 3 N–H and O–H groups in total. The van der Waals surface area contributed by atoms with E-state index in [0.717, 1.165) is 34.4 Å². The molecule has 1 aromatic carbocycles. The Morgan fingerprint density at radius 2 is 2.23 bits per heavy atom. The molecule has 0 spiro atoms. The van der Waals surface area contributed by atoms with Crippen LogP contribution in [0, 0.1) is 13.8 Å². The summed E-state index contributed by atoms with van der Waals surface area (Å²) < 4.78 is 11.0. The molecule has 22 heavy (non-hydrogen) atoms. The van der Waals surface area contributed by atoms with Gasteiger partial charge in [0.1, 0.15) is 5.75 Å². The van der Waals surface area contributed by atoms with E-state index in [0.29, 0.717) is 19.6 Å². The van der Waals surface area contributed by atoms with Crippen molar-refractivity contribution in [3.63, 3.8) is 0 Å². The lowest BCUT2D eigenvalue weighted by Crippen LogP contribution is -2.32. The number of amides is 1. The number of ether oxygens (including phenoxy) is 2. The van der Waals surface area contributed by atoms with Gasteiger partial charge in [-0.25, -0.2) is 0 Å². The number of carbonyl (C=O) groups excluding carboxylic acids is 1. The Morgan fingerprint density at radius 1 is 1.50 bits per heavy atom. The minimum atomic E-state index is -0.182. The molecule has 0 radical (unpaired) electrons. The van der Waals surface area contributed by atoms with Crippen molar-refractivity contribution in [1.29, 1.82) is 0 Å². The number of rotatable bonds is 5. The molecule has 122 valence electrons. The van der Waals surface area contributed by atoms with Gasteiger partial charge in [-0.15, -0.1) is 0 Å². The zero-order chi connectivity index (χ0) is 16.3. The number of hydrogen-bond donors (Lipinski definition) is 2. The first-order valence-corrected chi connectivity index (χ1v) is 7.80. The van der Waals surface area contributed by atoms with Gasteiger partial charge in [-0.3, -0.25) is 4.79 Å². The number of nitrogens with two attached hydrogens (primary N) is 1. The van der Waals surface area contributed by atoms with Gasteiger partial charge < -0.3 is 20.5 Å². The molecule has 0 bridgehead atoms. The maximum absolute atomic E-state index is 11.8. The number of fused-ring (bicyclic) bond motifs is 1. The van der Waals surface area contributed by atoms with Gasteiger partial charge in [0.15, 0.2) is 0 Å².